The summed E-state index contributed by atoms with van der Waals surface area (Å²) >= 11 is 0. The number of para-hydroxylation sites is 1. The summed E-state index contributed by atoms with van der Waals surface area (Å²) in [6.07, 6.45) is 3.99. The molecular weight excluding hydrogens is 262 g/mol. The molecule has 1 N–H and O–H groups in total. The molecule has 1 amide bonds. The van der Waals surface area contributed by atoms with E-state index in [0.717, 1.165) is 11.3 Å². The summed E-state index contributed by atoms with van der Waals surface area (Å²) in [4.78, 5) is 13.9. The predicted octanol–water partition coefficient (Wildman–Crippen LogP) is 2.72. The molecule has 0 bridgehead atoms. The molecule has 3 rings (SSSR count). The molecule has 0 spiro atoms. The van der Waals surface area contributed by atoms with Crippen molar-refractivity contribution in [2.24, 2.45) is 5.92 Å². The van der Waals surface area contributed by atoms with E-state index in [0.29, 0.717) is 0 Å². The Morgan fingerprint density at radius 1 is 1.00 bits per heavy atom. The highest BCUT2D eigenvalue weighted by Gasteiger charge is 2.45. The van der Waals surface area contributed by atoms with Gasteiger partial charge in [0, 0.05) is 5.69 Å². The second kappa shape index (κ2) is 5.94. The Bertz CT molecular complexity index is 637. The quantitative estimate of drug-likeness (QED) is 0.874. The number of hydrogen-bond donors (Lipinski definition) is 1. The van der Waals surface area contributed by atoms with Gasteiger partial charge in [0.25, 0.3) is 0 Å². The number of carbonyl (C=O) groups excluding carboxylic acids is 1. The van der Waals surface area contributed by atoms with Crippen LogP contribution in [0.5, 0.6) is 0 Å². The lowest BCUT2D eigenvalue weighted by molar-refractivity contribution is -0.130. The van der Waals surface area contributed by atoms with Crippen molar-refractivity contribution in [2.45, 2.75) is 6.04 Å². The van der Waals surface area contributed by atoms with Crippen molar-refractivity contribution in [1.29, 1.82) is 0 Å². The minimum absolute atomic E-state index is 0.0218. The number of β-lactam (4-membered cyclic amide) rings is 1. The van der Waals surface area contributed by atoms with Crippen molar-refractivity contribution in [1.82, 2.24) is 0 Å². The van der Waals surface area contributed by atoms with E-state index in [4.69, 9.17) is 0 Å². The van der Waals surface area contributed by atoms with E-state index in [2.05, 4.69) is 0 Å². The number of benzene rings is 2. The summed E-state index contributed by atoms with van der Waals surface area (Å²) in [5.74, 6) is -0.364. The van der Waals surface area contributed by atoms with Gasteiger partial charge in [-0.05, 0) is 17.7 Å². The van der Waals surface area contributed by atoms with Crippen LogP contribution in [0, 0.1) is 5.92 Å². The van der Waals surface area contributed by atoms with Crippen molar-refractivity contribution in [3.63, 3.8) is 0 Å². The zero-order chi connectivity index (χ0) is 14.7. The monoisotopic (exact) mass is 279 g/mol. The molecular formula is C18H17NO2. The zero-order valence-electron chi connectivity index (χ0n) is 11.6. The van der Waals surface area contributed by atoms with Gasteiger partial charge in [-0.25, -0.2) is 0 Å². The van der Waals surface area contributed by atoms with Crippen molar-refractivity contribution in [2.75, 3.05) is 11.5 Å². The third-order valence-electron chi connectivity index (χ3n) is 3.78. The molecule has 2 aromatic carbocycles. The maximum absolute atomic E-state index is 12.1. The molecule has 1 saturated heterocycles. The molecule has 0 saturated carbocycles. The smallest absolute Gasteiger partial charge is 0.235 e. The van der Waals surface area contributed by atoms with E-state index in [1.54, 1.807) is 4.90 Å². The van der Waals surface area contributed by atoms with Crippen molar-refractivity contribution < 1.29 is 9.90 Å². The molecule has 1 fully saturated rings. The van der Waals surface area contributed by atoms with Crippen LogP contribution in [0.3, 0.4) is 0 Å². The molecule has 2 atom stereocenters. The van der Waals surface area contributed by atoms with Crippen LogP contribution in [0.1, 0.15) is 5.56 Å². The average Bonchev–Trinajstić information content (AvgIpc) is 2.53. The van der Waals surface area contributed by atoms with Gasteiger partial charge in [0.1, 0.15) is 0 Å². The third kappa shape index (κ3) is 2.60. The van der Waals surface area contributed by atoms with Crippen LogP contribution in [0.25, 0.3) is 6.08 Å². The number of anilines is 1. The number of aliphatic hydroxyl groups excluding tert-OH is 1. The van der Waals surface area contributed by atoms with E-state index in [1.165, 1.54) is 0 Å². The number of hydrogen-bond acceptors (Lipinski definition) is 2. The first kappa shape index (κ1) is 13.6. The van der Waals surface area contributed by atoms with E-state index >= 15 is 0 Å². The lowest BCUT2D eigenvalue weighted by Gasteiger charge is -2.45. The lowest BCUT2D eigenvalue weighted by atomic mass is 9.86. The first-order valence-corrected chi connectivity index (χ1v) is 7.03. The molecule has 2 aromatic rings. The number of nitrogens with zero attached hydrogens (tertiary/aromatic N) is 1. The summed E-state index contributed by atoms with van der Waals surface area (Å²) in [5, 5.41) is 9.41. The van der Waals surface area contributed by atoms with E-state index in [-0.39, 0.29) is 24.5 Å². The second-order valence-electron chi connectivity index (χ2n) is 5.09. The molecule has 0 unspecified atom stereocenters. The van der Waals surface area contributed by atoms with Gasteiger partial charge < -0.3 is 10.0 Å². The highest BCUT2D eigenvalue weighted by Crippen LogP contribution is 2.33. The maximum Gasteiger partial charge on any atom is 0.235 e. The molecule has 106 valence electrons. The summed E-state index contributed by atoms with van der Waals surface area (Å²) in [6.45, 7) is -0.119. The van der Waals surface area contributed by atoms with Crippen LogP contribution in [0.4, 0.5) is 5.69 Å². The van der Waals surface area contributed by atoms with E-state index < -0.39 is 0 Å². The molecule has 1 aliphatic heterocycles. The Labute approximate surface area is 124 Å². The van der Waals surface area contributed by atoms with Gasteiger partial charge in [-0.2, -0.15) is 0 Å². The van der Waals surface area contributed by atoms with Crippen LogP contribution in [-0.4, -0.2) is 23.7 Å². The molecule has 0 aliphatic carbocycles. The van der Waals surface area contributed by atoms with Crippen LogP contribution < -0.4 is 4.90 Å². The average molecular weight is 279 g/mol. The molecule has 0 aromatic heterocycles. The first-order valence-electron chi connectivity index (χ1n) is 7.03. The fraction of sp³-hybridized carbons (Fsp3) is 0.167. The molecule has 1 aliphatic rings. The Balaban J connectivity index is 1.84. The number of amides is 1. The maximum atomic E-state index is 12.1. The van der Waals surface area contributed by atoms with Crippen LogP contribution in [0.2, 0.25) is 0 Å². The topological polar surface area (TPSA) is 40.5 Å². The minimum atomic E-state index is -0.342. The SMILES string of the molecule is O=C1[C@@H](CO)[C@@H](/C=C/c2ccccc2)N1c1ccccc1. The van der Waals surface area contributed by atoms with Crippen molar-refractivity contribution in [3.05, 3.63) is 72.3 Å². The van der Waals surface area contributed by atoms with Gasteiger partial charge >= 0.3 is 0 Å². The zero-order valence-corrected chi connectivity index (χ0v) is 11.6. The van der Waals surface area contributed by atoms with Crippen molar-refractivity contribution >= 4 is 17.7 Å². The fourth-order valence-corrected chi connectivity index (χ4v) is 2.64. The van der Waals surface area contributed by atoms with Gasteiger partial charge in [-0.1, -0.05) is 60.7 Å². The van der Waals surface area contributed by atoms with Gasteiger partial charge in [0.2, 0.25) is 5.91 Å². The number of aliphatic hydroxyl groups is 1. The lowest BCUT2D eigenvalue weighted by Crippen LogP contribution is -2.61. The summed E-state index contributed by atoms with van der Waals surface area (Å²) in [5.41, 5.74) is 1.96. The van der Waals surface area contributed by atoms with Gasteiger partial charge in [-0.3, -0.25) is 4.79 Å². The van der Waals surface area contributed by atoms with Crippen LogP contribution in [0.15, 0.2) is 66.7 Å². The van der Waals surface area contributed by atoms with Gasteiger partial charge in [0.05, 0.1) is 18.6 Å². The Hall–Kier alpha value is -2.39. The third-order valence-corrected chi connectivity index (χ3v) is 3.78. The molecule has 3 heteroatoms. The number of rotatable bonds is 4. The van der Waals surface area contributed by atoms with Crippen LogP contribution >= 0.6 is 0 Å². The normalized spacial score (nSPS) is 21.6. The summed E-state index contributed by atoms with van der Waals surface area (Å²) in [6, 6.07) is 19.4. The number of carbonyl (C=O) groups is 1. The van der Waals surface area contributed by atoms with Crippen LogP contribution in [-0.2, 0) is 4.79 Å². The highest BCUT2D eigenvalue weighted by atomic mass is 16.3. The van der Waals surface area contributed by atoms with E-state index in [1.807, 2.05) is 72.8 Å². The minimum Gasteiger partial charge on any atom is -0.395 e. The predicted molar refractivity (Wildman–Crippen MR) is 83.8 cm³/mol. The van der Waals surface area contributed by atoms with Crippen molar-refractivity contribution in [3.8, 4) is 0 Å². The molecule has 21 heavy (non-hydrogen) atoms. The first-order chi connectivity index (χ1) is 10.3. The molecule has 3 nitrogen and oxygen atoms in total. The Morgan fingerprint density at radius 3 is 2.24 bits per heavy atom. The second-order valence-corrected chi connectivity index (χ2v) is 5.09. The van der Waals surface area contributed by atoms with Gasteiger partial charge in [0.15, 0.2) is 0 Å². The Kier molecular flexibility index (Phi) is 3.84. The molecule has 1 heterocycles. The molecule has 0 radical (unpaired) electrons. The fourth-order valence-electron chi connectivity index (χ4n) is 2.64. The standard InChI is InChI=1S/C18H17NO2/c20-13-16-17(12-11-14-7-3-1-4-8-14)19(18(16)21)15-9-5-2-6-10-15/h1-12,16-17,20H,13H2/b12-11+/t16-,17+/m0/s1. The van der Waals surface area contributed by atoms with Gasteiger partial charge in [-0.15, -0.1) is 0 Å². The largest absolute Gasteiger partial charge is 0.395 e. The van der Waals surface area contributed by atoms with E-state index in [9.17, 15) is 9.90 Å². The summed E-state index contributed by atoms with van der Waals surface area (Å²) < 4.78 is 0. The highest BCUT2D eigenvalue weighted by molar-refractivity contribution is 6.04. The Morgan fingerprint density at radius 2 is 1.62 bits per heavy atom. The summed E-state index contributed by atoms with van der Waals surface area (Å²) in [7, 11) is 0.